The van der Waals surface area contributed by atoms with Crippen LogP contribution in [-0.2, 0) is 10.0 Å². The van der Waals surface area contributed by atoms with E-state index >= 15 is 0 Å². The molecule has 0 aromatic heterocycles. The van der Waals surface area contributed by atoms with Crippen LogP contribution < -0.4 is 5.32 Å². The van der Waals surface area contributed by atoms with Gasteiger partial charge in [0.2, 0.25) is 10.0 Å². The number of halogens is 1. The van der Waals surface area contributed by atoms with E-state index in [0.29, 0.717) is 18.1 Å². The van der Waals surface area contributed by atoms with Crippen LogP contribution in [0.1, 0.15) is 0 Å². The Kier molecular flexibility index (Phi) is 3.88. The molecule has 0 amide bonds. The molecular weight excluding hydrogens is 274 g/mol. The third-order valence-corrected chi connectivity index (χ3v) is 4.89. The van der Waals surface area contributed by atoms with Crippen molar-refractivity contribution in [3.05, 3.63) is 29.3 Å². The Morgan fingerprint density at radius 1 is 1.50 bits per heavy atom. The fraction of sp³-hybridized carbons (Fsp3) is 0.364. The summed E-state index contributed by atoms with van der Waals surface area (Å²) in [5, 5.41) is 12.4. The lowest BCUT2D eigenvalue weighted by molar-refractivity contribution is 0.312. The minimum Gasteiger partial charge on any atom is -0.313 e. The van der Waals surface area contributed by atoms with Gasteiger partial charge in [-0.2, -0.15) is 9.57 Å². The molecule has 1 N–H and O–H groups in total. The van der Waals surface area contributed by atoms with E-state index in [9.17, 15) is 8.42 Å². The summed E-state index contributed by atoms with van der Waals surface area (Å²) in [6, 6.07) is 7.39. The Balaban J connectivity index is 2.39. The normalized spacial score (nSPS) is 21.4. The average Bonchev–Trinajstić information content (AvgIpc) is 2.38. The summed E-state index contributed by atoms with van der Waals surface area (Å²) in [5.74, 6) is 0. The van der Waals surface area contributed by atoms with Crippen molar-refractivity contribution in [3.63, 3.8) is 0 Å². The fourth-order valence-electron chi connectivity index (χ4n) is 1.85. The molecule has 1 heterocycles. The number of piperazine rings is 1. The molecule has 1 aromatic carbocycles. The lowest BCUT2D eigenvalue weighted by atomic mass is 10.3. The standard InChI is InChI=1S/C11H12ClN3O2S/c12-9-2-1-3-11(6-9)18(16,17)15-5-4-14-8-10(15)7-13/h1-3,6,10,14H,4-5,8H2. The number of rotatable bonds is 2. The van der Waals surface area contributed by atoms with E-state index in [1.807, 2.05) is 6.07 Å². The maximum atomic E-state index is 12.4. The zero-order chi connectivity index (χ0) is 13.2. The zero-order valence-corrected chi connectivity index (χ0v) is 11.1. The number of nitrogens with one attached hydrogen (secondary N) is 1. The molecule has 1 aromatic rings. The van der Waals surface area contributed by atoms with Crippen LogP contribution in [0.15, 0.2) is 29.2 Å². The molecule has 2 rings (SSSR count). The summed E-state index contributed by atoms with van der Waals surface area (Å²) < 4.78 is 26.0. The number of hydrogen-bond donors (Lipinski definition) is 1. The van der Waals surface area contributed by atoms with Crippen molar-refractivity contribution in [3.8, 4) is 6.07 Å². The van der Waals surface area contributed by atoms with Crippen molar-refractivity contribution < 1.29 is 8.42 Å². The molecule has 7 heteroatoms. The van der Waals surface area contributed by atoms with Crippen molar-refractivity contribution in [2.45, 2.75) is 10.9 Å². The van der Waals surface area contributed by atoms with Crippen molar-refractivity contribution in [1.29, 1.82) is 5.26 Å². The first-order valence-corrected chi connectivity index (χ1v) is 7.25. The van der Waals surface area contributed by atoms with Crippen molar-refractivity contribution in [1.82, 2.24) is 9.62 Å². The van der Waals surface area contributed by atoms with Crippen LogP contribution in [0.2, 0.25) is 5.02 Å². The lowest BCUT2D eigenvalue weighted by Crippen LogP contribution is -2.52. The molecule has 1 aliphatic heterocycles. The molecule has 5 nitrogen and oxygen atoms in total. The first-order valence-electron chi connectivity index (χ1n) is 5.43. The minimum atomic E-state index is -3.66. The quantitative estimate of drug-likeness (QED) is 0.873. The second-order valence-electron chi connectivity index (χ2n) is 3.92. The lowest BCUT2D eigenvalue weighted by Gasteiger charge is -2.30. The molecule has 0 bridgehead atoms. The van der Waals surface area contributed by atoms with Crippen LogP contribution in [0.25, 0.3) is 0 Å². The van der Waals surface area contributed by atoms with Gasteiger partial charge in [-0.25, -0.2) is 8.42 Å². The molecule has 0 aliphatic carbocycles. The molecule has 0 spiro atoms. The highest BCUT2D eigenvalue weighted by molar-refractivity contribution is 7.89. The summed E-state index contributed by atoms with van der Waals surface area (Å²) in [5.41, 5.74) is 0. The predicted molar refractivity (Wildman–Crippen MR) is 67.6 cm³/mol. The van der Waals surface area contributed by atoms with Crippen LogP contribution in [0.4, 0.5) is 0 Å². The van der Waals surface area contributed by atoms with Crippen LogP contribution in [0.3, 0.4) is 0 Å². The molecule has 1 saturated heterocycles. The molecule has 1 atom stereocenters. The Morgan fingerprint density at radius 3 is 2.94 bits per heavy atom. The molecular formula is C11H12ClN3O2S. The second-order valence-corrected chi connectivity index (χ2v) is 6.25. The maximum Gasteiger partial charge on any atom is 0.244 e. The number of sulfonamides is 1. The summed E-state index contributed by atoms with van der Waals surface area (Å²) in [7, 11) is -3.66. The van der Waals surface area contributed by atoms with Crippen LogP contribution in [-0.4, -0.2) is 38.4 Å². The van der Waals surface area contributed by atoms with E-state index in [1.54, 1.807) is 12.1 Å². The second kappa shape index (κ2) is 5.24. The van der Waals surface area contributed by atoms with Crippen LogP contribution in [0.5, 0.6) is 0 Å². The zero-order valence-electron chi connectivity index (χ0n) is 9.51. The third kappa shape index (κ3) is 2.49. The smallest absolute Gasteiger partial charge is 0.244 e. The monoisotopic (exact) mass is 285 g/mol. The molecule has 0 radical (unpaired) electrons. The Morgan fingerprint density at radius 2 is 2.28 bits per heavy atom. The van der Waals surface area contributed by atoms with E-state index < -0.39 is 16.1 Å². The van der Waals surface area contributed by atoms with Gasteiger partial charge in [-0.1, -0.05) is 17.7 Å². The minimum absolute atomic E-state index is 0.122. The summed E-state index contributed by atoms with van der Waals surface area (Å²) in [6.45, 7) is 1.17. The van der Waals surface area contributed by atoms with Crippen molar-refractivity contribution in [2.24, 2.45) is 0 Å². The van der Waals surface area contributed by atoms with Crippen LogP contribution in [0, 0.1) is 11.3 Å². The average molecular weight is 286 g/mol. The Labute approximate surface area is 111 Å². The predicted octanol–water partition coefficient (Wildman–Crippen LogP) is 0.826. The first kappa shape index (κ1) is 13.3. The van der Waals surface area contributed by atoms with Crippen molar-refractivity contribution >= 4 is 21.6 Å². The maximum absolute atomic E-state index is 12.4. The van der Waals surface area contributed by atoms with Crippen LogP contribution >= 0.6 is 11.6 Å². The van der Waals surface area contributed by atoms with Gasteiger partial charge in [-0.15, -0.1) is 0 Å². The molecule has 1 aliphatic rings. The van der Waals surface area contributed by atoms with E-state index in [4.69, 9.17) is 16.9 Å². The summed E-state index contributed by atoms with van der Waals surface area (Å²) in [4.78, 5) is 0.122. The van der Waals surface area contributed by atoms with Gasteiger partial charge in [0.1, 0.15) is 6.04 Å². The number of benzene rings is 1. The van der Waals surface area contributed by atoms with Gasteiger partial charge in [0.05, 0.1) is 11.0 Å². The highest BCUT2D eigenvalue weighted by atomic mass is 35.5. The molecule has 1 unspecified atom stereocenters. The van der Waals surface area contributed by atoms with E-state index in [0.717, 1.165) is 0 Å². The SMILES string of the molecule is N#CC1CNCCN1S(=O)(=O)c1cccc(Cl)c1. The van der Waals surface area contributed by atoms with Gasteiger partial charge in [0, 0.05) is 24.7 Å². The molecule has 0 saturated carbocycles. The summed E-state index contributed by atoms with van der Waals surface area (Å²) >= 11 is 5.80. The van der Waals surface area contributed by atoms with Gasteiger partial charge in [-0.05, 0) is 18.2 Å². The number of hydrogen-bond acceptors (Lipinski definition) is 4. The van der Waals surface area contributed by atoms with Gasteiger partial charge < -0.3 is 5.32 Å². The first-order chi connectivity index (χ1) is 8.55. The molecule has 1 fully saturated rings. The Hall–Kier alpha value is -1.13. The topological polar surface area (TPSA) is 73.2 Å². The summed E-state index contributed by atoms with van der Waals surface area (Å²) in [6.07, 6.45) is 0. The fourth-order valence-corrected chi connectivity index (χ4v) is 3.69. The number of nitriles is 1. The van der Waals surface area contributed by atoms with E-state index in [1.165, 1.54) is 16.4 Å². The largest absolute Gasteiger partial charge is 0.313 e. The van der Waals surface area contributed by atoms with Gasteiger partial charge in [0.25, 0.3) is 0 Å². The van der Waals surface area contributed by atoms with Crippen molar-refractivity contribution in [2.75, 3.05) is 19.6 Å². The molecule has 18 heavy (non-hydrogen) atoms. The molecule has 96 valence electrons. The van der Waals surface area contributed by atoms with E-state index in [-0.39, 0.29) is 11.4 Å². The Bertz CT molecular complexity index is 582. The van der Waals surface area contributed by atoms with Gasteiger partial charge in [-0.3, -0.25) is 0 Å². The third-order valence-electron chi connectivity index (χ3n) is 2.75. The van der Waals surface area contributed by atoms with E-state index in [2.05, 4.69) is 5.32 Å². The highest BCUT2D eigenvalue weighted by Gasteiger charge is 2.33. The highest BCUT2D eigenvalue weighted by Crippen LogP contribution is 2.21. The number of nitrogens with zero attached hydrogens (tertiary/aromatic N) is 2. The van der Waals surface area contributed by atoms with Gasteiger partial charge >= 0.3 is 0 Å². The van der Waals surface area contributed by atoms with Gasteiger partial charge in [0.15, 0.2) is 0 Å².